The second-order valence-corrected chi connectivity index (χ2v) is 6.91. The molecule has 0 bridgehead atoms. The van der Waals surface area contributed by atoms with Gasteiger partial charge in [-0.15, -0.1) is 0 Å². The van der Waals surface area contributed by atoms with E-state index in [4.69, 9.17) is 4.74 Å². The smallest absolute Gasteiger partial charge is 0.194 e. The van der Waals surface area contributed by atoms with Gasteiger partial charge in [0.1, 0.15) is 5.75 Å². The molecule has 3 rings (SSSR count). The molecule has 5 heteroatoms. The largest absolute Gasteiger partial charge is 0.497 e. The molecule has 0 atom stereocenters. The molecule has 1 fully saturated rings. The molecule has 1 aliphatic heterocycles. The summed E-state index contributed by atoms with van der Waals surface area (Å²) in [6.07, 6.45) is 6.09. The predicted octanol–water partition coefficient (Wildman–Crippen LogP) is 2.66. The van der Waals surface area contributed by atoms with Crippen LogP contribution in [-0.4, -0.2) is 54.9 Å². The molecule has 1 heterocycles. The Labute approximate surface area is 150 Å². The quantitative estimate of drug-likeness (QED) is 0.637. The Morgan fingerprint density at radius 3 is 2.84 bits per heavy atom. The summed E-state index contributed by atoms with van der Waals surface area (Å²) in [6.45, 7) is 5.16. The minimum Gasteiger partial charge on any atom is -0.497 e. The van der Waals surface area contributed by atoms with Crippen molar-refractivity contribution in [2.45, 2.75) is 38.2 Å². The van der Waals surface area contributed by atoms with E-state index >= 15 is 0 Å². The highest BCUT2D eigenvalue weighted by Crippen LogP contribution is 2.31. The van der Waals surface area contributed by atoms with Crippen molar-refractivity contribution in [2.24, 2.45) is 4.99 Å². The van der Waals surface area contributed by atoms with Crippen molar-refractivity contribution in [2.75, 3.05) is 33.3 Å². The van der Waals surface area contributed by atoms with Gasteiger partial charge in [-0.3, -0.25) is 4.99 Å². The van der Waals surface area contributed by atoms with E-state index in [1.807, 2.05) is 12.1 Å². The van der Waals surface area contributed by atoms with Crippen molar-refractivity contribution in [3.8, 4) is 5.75 Å². The Kier molecular flexibility index (Phi) is 5.63. The third-order valence-corrected chi connectivity index (χ3v) is 5.09. The molecule has 0 saturated heterocycles. The molecular weight excluding hydrogens is 314 g/mol. The van der Waals surface area contributed by atoms with Gasteiger partial charge in [0.05, 0.1) is 19.3 Å². The van der Waals surface area contributed by atoms with E-state index < -0.39 is 5.60 Å². The molecule has 1 aliphatic carbocycles. The summed E-state index contributed by atoms with van der Waals surface area (Å²) >= 11 is 0. The van der Waals surface area contributed by atoms with Crippen LogP contribution in [0.2, 0.25) is 0 Å². The number of hydrogen-bond acceptors (Lipinski definition) is 3. The summed E-state index contributed by atoms with van der Waals surface area (Å²) in [5.74, 6) is 1.80. The summed E-state index contributed by atoms with van der Waals surface area (Å²) in [5.41, 5.74) is 2.01. The van der Waals surface area contributed by atoms with Crippen molar-refractivity contribution in [1.82, 2.24) is 10.2 Å². The number of methoxy groups -OCH3 is 1. The van der Waals surface area contributed by atoms with Crippen LogP contribution in [0.15, 0.2) is 35.3 Å². The SMILES string of the molecule is CCNC(=NCC1(O)CCC1)N1CC=C(c2cccc(OC)c2)CC1. The van der Waals surface area contributed by atoms with E-state index in [1.54, 1.807) is 7.11 Å². The standard InChI is InChI=1S/C20H29N3O2/c1-3-21-19(22-15-20(24)10-5-11-20)23-12-8-16(9-13-23)17-6-4-7-18(14-17)25-2/h4,6-8,14,24H,3,5,9-13,15H2,1-2H3,(H,21,22). The van der Waals surface area contributed by atoms with Crippen LogP contribution in [0.25, 0.3) is 5.57 Å². The van der Waals surface area contributed by atoms with Crippen LogP contribution in [0.5, 0.6) is 5.75 Å². The molecule has 5 nitrogen and oxygen atoms in total. The number of hydrogen-bond donors (Lipinski definition) is 2. The fourth-order valence-electron chi connectivity index (χ4n) is 3.34. The van der Waals surface area contributed by atoms with Gasteiger partial charge in [0, 0.05) is 19.6 Å². The summed E-state index contributed by atoms with van der Waals surface area (Å²) in [4.78, 5) is 6.95. The minimum atomic E-state index is -0.571. The van der Waals surface area contributed by atoms with Crippen molar-refractivity contribution in [1.29, 1.82) is 0 Å². The van der Waals surface area contributed by atoms with Crippen molar-refractivity contribution < 1.29 is 9.84 Å². The van der Waals surface area contributed by atoms with Gasteiger partial charge in [0.15, 0.2) is 5.96 Å². The minimum absolute atomic E-state index is 0.498. The number of rotatable bonds is 5. The number of aliphatic hydroxyl groups is 1. The van der Waals surface area contributed by atoms with Crippen LogP contribution < -0.4 is 10.1 Å². The van der Waals surface area contributed by atoms with Gasteiger partial charge in [0.2, 0.25) is 0 Å². The lowest BCUT2D eigenvalue weighted by Crippen LogP contribution is -2.46. The van der Waals surface area contributed by atoms with Crippen LogP contribution in [0.1, 0.15) is 38.2 Å². The maximum atomic E-state index is 10.3. The molecule has 0 amide bonds. The molecule has 0 unspecified atom stereocenters. The normalized spacial score (nSPS) is 19.9. The first-order valence-electron chi connectivity index (χ1n) is 9.23. The Balaban J connectivity index is 1.67. The molecule has 0 aromatic heterocycles. The van der Waals surface area contributed by atoms with Crippen LogP contribution in [-0.2, 0) is 0 Å². The van der Waals surface area contributed by atoms with E-state index in [-0.39, 0.29) is 0 Å². The van der Waals surface area contributed by atoms with Gasteiger partial charge in [-0.05, 0) is 55.9 Å². The fourth-order valence-corrected chi connectivity index (χ4v) is 3.34. The molecule has 2 N–H and O–H groups in total. The molecule has 1 aromatic rings. The van der Waals surface area contributed by atoms with E-state index in [0.29, 0.717) is 6.54 Å². The number of benzene rings is 1. The number of ether oxygens (including phenoxy) is 1. The van der Waals surface area contributed by atoms with Crippen molar-refractivity contribution in [3.63, 3.8) is 0 Å². The highest BCUT2D eigenvalue weighted by molar-refractivity contribution is 5.81. The molecule has 2 aliphatic rings. The van der Waals surface area contributed by atoms with Crippen LogP contribution in [0.4, 0.5) is 0 Å². The van der Waals surface area contributed by atoms with Crippen LogP contribution in [0, 0.1) is 0 Å². The van der Waals surface area contributed by atoms with Crippen molar-refractivity contribution >= 4 is 11.5 Å². The first-order valence-corrected chi connectivity index (χ1v) is 9.23. The predicted molar refractivity (Wildman–Crippen MR) is 102 cm³/mol. The zero-order valence-corrected chi connectivity index (χ0v) is 15.3. The first kappa shape index (κ1) is 17.8. The van der Waals surface area contributed by atoms with Gasteiger partial charge >= 0.3 is 0 Å². The lowest BCUT2D eigenvalue weighted by Gasteiger charge is -2.36. The summed E-state index contributed by atoms with van der Waals surface area (Å²) in [5, 5.41) is 13.6. The lowest BCUT2D eigenvalue weighted by atomic mass is 9.80. The zero-order valence-electron chi connectivity index (χ0n) is 15.3. The highest BCUT2D eigenvalue weighted by atomic mass is 16.5. The number of nitrogens with zero attached hydrogens (tertiary/aromatic N) is 2. The summed E-state index contributed by atoms with van der Waals surface area (Å²) < 4.78 is 5.33. The van der Waals surface area contributed by atoms with Gasteiger partial charge < -0.3 is 20.1 Å². The maximum absolute atomic E-state index is 10.3. The van der Waals surface area contributed by atoms with E-state index in [0.717, 1.165) is 57.0 Å². The van der Waals surface area contributed by atoms with Gasteiger partial charge in [-0.2, -0.15) is 0 Å². The average molecular weight is 343 g/mol. The Morgan fingerprint density at radius 2 is 2.24 bits per heavy atom. The number of aliphatic imine (C=N–C) groups is 1. The van der Waals surface area contributed by atoms with Crippen molar-refractivity contribution in [3.05, 3.63) is 35.9 Å². The number of guanidine groups is 1. The maximum Gasteiger partial charge on any atom is 0.194 e. The third kappa shape index (κ3) is 4.34. The fraction of sp³-hybridized carbons (Fsp3) is 0.550. The van der Waals surface area contributed by atoms with Gasteiger partial charge in [0.25, 0.3) is 0 Å². The molecule has 136 valence electrons. The average Bonchev–Trinajstić information content (AvgIpc) is 2.64. The van der Waals surface area contributed by atoms with E-state index in [2.05, 4.69) is 40.3 Å². The number of nitrogens with one attached hydrogen (secondary N) is 1. The summed E-state index contributed by atoms with van der Waals surface area (Å²) in [7, 11) is 1.70. The molecule has 1 saturated carbocycles. The molecule has 0 radical (unpaired) electrons. The van der Waals surface area contributed by atoms with Crippen LogP contribution >= 0.6 is 0 Å². The van der Waals surface area contributed by atoms with Gasteiger partial charge in [-0.25, -0.2) is 0 Å². The third-order valence-electron chi connectivity index (χ3n) is 5.09. The topological polar surface area (TPSA) is 57.1 Å². The van der Waals surface area contributed by atoms with E-state index in [9.17, 15) is 5.11 Å². The van der Waals surface area contributed by atoms with Crippen LogP contribution in [0.3, 0.4) is 0 Å². The lowest BCUT2D eigenvalue weighted by molar-refractivity contribution is -0.0237. The monoisotopic (exact) mass is 343 g/mol. The molecule has 25 heavy (non-hydrogen) atoms. The molecule has 0 spiro atoms. The molecular formula is C20H29N3O2. The first-order chi connectivity index (χ1) is 12.1. The summed E-state index contributed by atoms with van der Waals surface area (Å²) in [6, 6.07) is 8.23. The second-order valence-electron chi connectivity index (χ2n) is 6.91. The zero-order chi connectivity index (χ0) is 17.7. The van der Waals surface area contributed by atoms with Gasteiger partial charge in [-0.1, -0.05) is 18.2 Å². The Bertz CT molecular complexity index is 650. The Hall–Kier alpha value is -2.01. The van der Waals surface area contributed by atoms with E-state index in [1.165, 1.54) is 11.1 Å². The molecule has 1 aromatic carbocycles. The second kappa shape index (κ2) is 7.91. The Morgan fingerprint density at radius 1 is 1.40 bits per heavy atom. The highest BCUT2D eigenvalue weighted by Gasteiger charge is 2.34.